The number of aryl methyl sites for hydroxylation is 1. The molecular formula is C24H35N3O3S. The normalized spacial score (nSPS) is 12.2. The third-order valence-corrected chi connectivity index (χ3v) is 6.81. The van der Waals surface area contributed by atoms with Crippen LogP contribution in [0.15, 0.2) is 47.4 Å². The van der Waals surface area contributed by atoms with Crippen LogP contribution in [0.25, 0.3) is 0 Å². The number of benzene rings is 2. The van der Waals surface area contributed by atoms with Crippen LogP contribution >= 0.6 is 0 Å². The van der Waals surface area contributed by atoms with Crippen molar-refractivity contribution in [2.24, 2.45) is 0 Å². The summed E-state index contributed by atoms with van der Waals surface area (Å²) in [5.41, 5.74) is 2.70. The number of carbonyl (C=O) groups is 1. The summed E-state index contributed by atoms with van der Waals surface area (Å²) in [6, 6.07) is 12.7. The fourth-order valence-electron chi connectivity index (χ4n) is 3.32. The van der Waals surface area contributed by atoms with Gasteiger partial charge in [0.2, 0.25) is 10.0 Å². The summed E-state index contributed by atoms with van der Waals surface area (Å²) >= 11 is 0. The van der Waals surface area contributed by atoms with Crippen molar-refractivity contribution in [3.63, 3.8) is 0 Å². The summed E-state index contributed by atoms with van der Waals surface area (Å²) in [6.45, 7) is 14.5. The van der Waals surface area contributed by atoms with E-state index in [1.165, 1.54) is 17.7 Å². The monoisotopic (exact) mass is 445 g/mol. The molecule has 0 atom stereocenters. The highest BCUT2D eigenvalue weighted by molar-refractivity contribution is 7.89. The molecule has 2 N–H and O–H groups in total. The molecule has 2 aromatic rings. The van der Waals surface area contributed by atoms with E-state index in [-0.39, 0.29) is 10.8 Å². The molecule has 1 amide bonds. The molecule has 0 aliphatic carbocycles. The largest absolute Gasteiger partial charge is 0.348 e. The minimum Gasteiger partial charge on any atom is -0.348 e. The van der Waals surface area contributed by atoms with E-state index in [0.717, 1.165) is 30.8 Å². The van der Waals surface area contributed by atoms with E-state index in [9.17, 15) is 13.2 Å². The molecular weight excluding hydrogens is 410 g/mol. The first-order valence-corrected chi connectivity index (χ1v) is 12.2. The van der Waals surface area contributed by atoms with Crippen molar-refractivity contribution >= 4 is 15.9 Å². The van der Waals surface area contributed by atoms with E-state index in [1.807, 2.05) is 18.2 Å². The molecule has 0 radical (unpaired) electrons. The number of amides is 1. The minimum atomic E-state index is -3.72. The van der Waals surface area contributed by atoms with Crippen LogP contribution < -0.4 is 10.0 Å². The number of hydrogen-bond acceptors (Lipinski definition) is 4. The predicted molar refractivity (Wildman–Crippen MR) is 125 cm³/mol. The smallest absolute Gasteiger partial charge is 0.251 e. The third kappa shape index (κ3) is 7.16. The van der Waals surface area contributed by atoms with E-state index < -0.39 is 15.6 Å². The minimum absolute atomic E-state index is 0.0834. The first-order valence-electron chi connectivity index (χ1n) is 10.7. The Balaban J connectivity index is 2.21. The van der Waals surface area contributed by atoms with Gasteiger partial charge < -0.3 is 5.32 Å². The number of nitrogens with one attached hydrogen (secondary N) is 2. The van der Waals surface area contributed by atoms with E-state index in [1.54, 1.807) is 33.8 Å². The lowest BCUT2D eigenvalue weighted by molar-refractivity contribution is 0.0950. The van der Waals surface area contributed by atoms with Crippen molar-refractivity contribution in [3.8, 4) is 0 Å². The van der Waals surface area contributed by atoms with Crippen molar-refractivity contribution < 1.29 is 13.2 Å². The van der Waals surface area contributed by atoms with Crippen molar-refractivity contribution in [2.45, 2.75) is 65.1 Å². The second-order valence-electron chi connectivity index (χ2n) is 8.75. The lowest BCUT2D eigenvalue weighted by Crippen LogP contribution is -2.40. The first-order chi connectivity index (χ1) is 14.5. The Morgan fingerprint density at radius 1 is 1.00 bits per heavy atom. The van der Waals surface area contributed by atoms with E-state index in [2.05, 4.69) is 34.9 Å². The standard InChI is InChI=1S/C24H35N3O3S/c1-7-27(8-2)17-20-12-10-9-11-19(20)16-25-23(28)22-15-21(14-13-18(22)3)31(29,30)26-24(4,5)6/h9-15,26H,7-8,16-17H2,1-6H3,(H,25,28). The first kappa shape index (κ1) is 25.0. The molecule has 0 aliphatic rings. The number of nitrogens with zero attached hydrogens (tertiary/aromatic N) is 1. The van der Waals surface area contributed by atoms with Gasteiger partial charge in [0.25, 0.3) is 5.91 Å². The van der Waals surface area contributed by atoms with Crippen molar-refractivity contribution in [3.05, 3.63) is 64.7 Å². The molecule has 0 bridgehead atoms. The van der Waals surface area contributed by atoms with Crippen LogP contribution in [0.5, 0.6) is 0 Å². The van der Waals surface area contributed by atoms with Gasteiger partial charge >= 0.3 is 0 Å². The Labute approximate surface area is 187 Å². The SMILES string of the molecule is CCN(CC)Cc1ccccc1CNC(=O)c1cc(S(=O)(=O)NC(C)(C)C)ccc1C. The topological polar surface area (TPSA) is 78.5 Å². The van der Waals surface area contributed by atoms with Crippen LogP contribution in [0.4, 0.5) is 0 Å². The van der Waals surface area contributed by atoms with Crippen LogP contribution in [-0.2, 0) is 23.1 Å². The summed E-state index contributed by atoms with van der Waals surface area (Å²) in [7, 11) is -3.72. The molecule has 0 spiro atoms. The van der Waals surface area contributed by atoms with Gasteiger partial charge in [0, 0.05) is 24.2 Å². The maximum absolute atomic E-state index is 12.9. The highest BCUT2D eigenvalue weighted by Gasteiger charge is 2.23. The summed E-state index contributed by atoms with van der Waals surface area (Å²) in [4.78, 5) is 15.3. The van der Waals surface area contributed by atoms with Crippen molar-refractivity contribution in [1.29, 1.82) is 0 Å². The lowest BCUT2D eigenvalue weighted by atomic mass is 10.1. The Hall–Kier alpha value is -2.22. The Morgan fingerprint density at radius 2 is 1.61 bits per heavy atom. The lowest BCUT2D eigenvalue weighted by Gasteiger charge is -2.21. The van der Waals surface area contributed by atoms with Gasteiger partial charge in [-0.25, -0.2) is 13.1 Å². The molecule has 7 heteroatoms. The number of hydrogen-bond donors (Lipinski definition) is 2. The molecule has 31 heavy (non-hydrogen) atoms. The zero-order chi connectivity index (χ0) is 23.2. The number of carbonyl (C=O) groups excluding carboxylic acids is 1. The quantitative estimate of drug-likeness (QED) is 0.615. The summed E-state index contributed by atoms with van der Waals surface area (Å²) in [5.74, 6) is -0.289. The number of sulfonamides is 1. The maximum Gasteiger partial charge on any atom is 0.251 e. The zero-order valence-electron chi connectivity index (χ0n) is 19.5. The fraction of sp³-hybridized carbons (Fsp3) is 0.458. The predicted octanol–water partition coefficient (Wildman–Crippen LogP) is 3.84. The van der Waals surface area contributed by atoms with E-state index in [4.69, 9.17) is 0 Å². The fourth-order valence-corrected chi connectivity index (χ4v) is 4.76. The van der Waals surface area contributed by atoms with Gasteiger partial charge in [0.1, 0.15) is 0 Å². The van der Waals surface area contributed by atoms with Crippen LogP contribution in [0.1, 0.15) is 61.7 Å². The molecule has 6 nitrogen and oxygen atoms in total. The van der Waals surface area contributed by atoms with Gasteiger partial charge in [-0.05, 0) is 69.6 Å². The van der Waals surface area contributed by atoms with Gasteiger partial charge in [-0.1, -0.05) is 44.2 Å². The number of rotatable bonds is 9. The van der Waals surface area contributed by atoms with Gasteiger partial charge in [-0.15, -0.1) is 0 Å². The molecule has 0 saturated heterocycles. The van der Waals surface area contributed by atoms with Crippen molar-refractivity contribution in [1.82, 2.24) is 14.9 Å². The molecule has 2 aromatic carbocycles. The summed E-state index contributed by atoms with van der Waals surface area (Å²) in [6.07, 6.45) is 0. The van der Waals surface area contributed by atoms with Gasteiger partial charge in [0.15, 0.2) is 0 Å². The van der Waals surface area contributed by atoms with Gasteiger partial charge in [-0.2, -0.15) is 0 Å². The molecule has 170 valence electrons. The third-order valence-electron chi connectivity index (χ3n) is 5.05. The average molecular weight is 446 g/mol. The second kappa shape index (κ2) is 10.4. The van der Waals surface area contributed by atoms with Crippen LogP contribution in [0.2, 0.25) is 0 Å². The van der Waals surface area contributed by atoms with Gasteiger partial charge in [0.05, 0.1) is 4.90 Å². The molecule has 0 aromatic heterocycles. The molecule has 0 fully saturated rings. The molecule has 0 heterocycles. The Bertz CT molecular complexity index is 1010. The van der Waals surface area contributed by atoms with Crippen LogP contribution in [-0.4, -0.2) is 37.9 Å². The summed E-state index contributed by atoms with van der Waals surface area (Å²) in [5, 5.41) is 2.96. The van der Waals surface area contributed by atoms with Crippen LogP contribution in [0, 0.1) is 6.92 Å². The molecule has 2 rings (SSSR count). The van der Waals surface area contributed by atoms with E-state index >= 15 is 0 Å². The highest BCUT2D eigenvalue weighted by atomic mass is 32.2. The average Bonchev–Trinajstić information content (AvgIpc) is 2.69. The maximum atomic E-state index is 12.9. The van der Waals surface area contributed by atoms with Crippen molar-refractivity contribution in [2.75, 3.05) is 13.1 Å². The van der Waals surface area contributed by atoms with Crippen LogP contribution in [0.3, 0.4) is 0 Å². The second-order valence-corrected chi connectivity index (χ2v) is 10.4. The van der Waals surface area contributed by atoms with Gasteiger partial charge in [-0.3, -0.25) is 9.69 Å². The Morgan fingerprint density at radius 3 is 2.19 bits per heavy atom. The van der Waals surface area contributed by atoms with E-state index in [0.29, 0.717) is 12.1 Å². The zero-order valence-corrected chi connectivity index (χ0v) is 20.3. The highest BCUT2D eigenvalue weighted by Crippen LogP contribution is 2.18. The Kier molecular flexibility index (Phi) is 8.40. The molecule has 0 saturated carbocycles. The summed E-state index contributed by atoms with van der Waals surface area (Å²) < 4.78 is 28.0. The molecule has 0 unspecified atom stereocenters. The molecule has 0 aliphatic heterocycles.